The molecule has 0 atom stereocenters. The van der Waals surface area contributed by atoms with Crippen LogP contribution in [0.3, 0.4) is 0 Å². The summed E-state index contributed by atoms with van der Waals surface area (Å²) in [4.78, 5) is 19.5. The van der Waals surface area contributed by atoms with Crippen molar-refractivity contribution in [1.29, 1.82) is 0 Å². The first-order valence-corrected chi connectivity index (χ1v) is 9.90. The normalized spacial score (nSPS) is 11.2. The van der Waals surface area contributed by atoms with Gasteiger partial charge in [0.1, 0.15) is 11.4 Å². The van der Waals surface area contributed by atoms with E-state index in [0.29, 0.717) is 32.4 Å². The lowest BCUT2D eigenvalue weighted by molar-refractivity contribution is 0.187. The molecular weight excluding hydrogens is 362 g/mol. The van der Waals surface area contributed by atoms with Crippen LogP contribution in [0.25, 0.3) is 10.9 Å². The molecule has 25 heavy (non-hydrogen) atoms. The van der Waals surface area contributed by atoms with E-state index < -0.39 is 15.0 Å². The number of anilines is 1. The lowest BCUT2D eigenvalue weighted by Gasteiger charge is -2.07. The van der Waals surface area contributed by atoms with Crippen molar-refractivity contribution in [2.45, 2.75) is 9.92 Å². The van der Waals surface area contributed by atoms with Crippen LogP contribution in [0, 0.1) is 0 Å². The number of amides is 1. The first-order valence-electron chi connectivity index (χ1n) is 7.09. The average molecular weight is 375 g/mol. The van der Waals surface area contributed by atoms with E-state index in [9.17, 15) is 13.2 Å². The van der Waals surface area contributed by atoms with Gasteiger partial charge in [0.25, 0.3) is 0 Å². The van der Waals surface area contributed by atoms with E-state index in [1.807, 2.05) is 6.07 Å². The van der Waals surface area contributed by atoms with Crippen molar-refractivity contribution in [2.75, 3.05) is 12.4 Å². The van der Waals surface area contributed by atoms with Gasteiger partial charge in [-0.2, -0.15) is 0 Å². The summed E-state index contributed by atoms with van der Waals surface area (Å²) in [6, 6.07) is 13.0. The minimum Gasteiger partial charge on any atom is -0.453 e. The van der Waals surface area contributed by atoms with Crippen LogP contribution in [0.5, 0.6) is 0 Å². The predicted molar refractivity (Wildman–Crippen MR) is 95.1 cm³/mol. The molecule has 3 rings (SSSR count). The van der Waals surface area contributed by atoms with Gasteiger partial charge in [0.15, 0.2) is 0 Å². The van der Waals surface area contributed by atoms with E-state index in [1.54, 1.807) is 18.2 Å². The summed E-state index contributed by atoms with van der Waals surface area (Å²) in [6.07, 6.45) is 0.709. The van der Waals surface area contributed by atoms with Crippen molar-refractivity contribution in [3.8, 4) is 0 Å². The molecule has 1 N–H and O–H groups in total. The fourth-order valence-electron chi connectivity index (χ4n) is 2.07. The molecule has 0 saturated heterocycles. The van der Waals surface area contributed by atoms with Crippen LogP contribution < -0.4 is 5.32 Å². The lowest BCUT2D eigenvalue weighted by Crippen LogP contribution is -2.10. The second-order valence-electron chi connectivity index (χ2n) is 4.87. The van der Waals surface area contributed by atoms with Gasteiger partial charge < -0.3 is 4.74 Å². The van der Waals surface area contributed by atoms with Crippen LogP contribution in [0.1, 0.15) is 0 Å². The minimum absolute atomic E-state index is 0.107. The molecule has 0 unspecified atom stereocenters. The second-order valence-corrected chi connectivity index (χ2v) is 8.62. The highest BCUT2D eigenvalue weighted by Gasteiger charge is 2.19. The molecule has 0 aliphatic heterocycles. The van der Waals surface area contributed by atoms with Crippen molar-refractivity contribution in [3.05, 3.63) is 54.9 Å². The molecule has 0 bridgehead atoms. The number of methoxy groups -OCH3 is 1. The zero-order valence-corrected chi connectivity index (χ0v) is 14.7. The quantitative estimate of drug-likeness (QED) is 0.552. The largest absolute Gasteiger partial charge is 0.453 e. The highest BCUT2D eigenvalue weighted by atomic mass is 33.1. The van der Waals surface area contributed by atoms with Crippen molar-refractivity contribution < 1.29 is 17.9 Å². The Labute approximate surface area is 147 Å². The Morgan fingerprint density at radius 2 is 1.80 bits per heavy atom. The van der Waals surface area contributed by atoms with E-state index in [0.717, 1.165) is 0 Å². The molecule has 0 aliphatic rings. The number of hydrogen-bond acceptors (Lipinski definition) is 7. The number of ether oxygens (including phenoxy) is 1. The van der Waals surface area contributed by atoms with Crippen LogP contribution in [0.15, 0.2) is 64.8 Å². The Hall–Kier alpha value is -2.65. The Kier molecular flexibility index (Phi) is 4.86. The molecule has 2 aromatic carbocycles. The molecule has 7 nitrogen and oxygen atoms in total. The van der Waals surface area contributed by atoms with Gasteiger partial charge in [-0.25, -0.2) is 23.2 Å². The third-order valence-corrected chi connectivity index (χ3v) is 6.53. The maximum absolute atomic E-state index is 12.6. The topological polar surface area (TPSA) is 98.2 Å². The molecule has 0 aliphatic carbocycles. The van der Waals surface area contributed by atoms with Crippen LogP contribution in [0.2, 0.25) is 0 Å². The van der Waals surface area contributed by atoms with Gasteiger partial charge in [0.2, 0.25) is 8.87 Å². The van der Waals surface area contributed by atoms with E-state index in [4.69, 9.17) is 0 Å². The standard InChI is InChI=1S/C16H13N3O4S2/c1-23-16(20)19-11-6-8-12(9-7-11)25(21,22)24-15-13-4-2-3-5-14(13)17-10-18-15/h2-10H,1H3,(H,19,20). The van der Waals surface area contributed by atoms with Crippen molar-refractivity contribution in [1.82, 2.24) is 9.97 Å². The number of carbonyl (C=O) groups excluding carboxylic acids is 1. The monoisotopic (exact) mass is 375 g/mol. The van der Waals surface area contributed by atoms with Gasteiger partial charge in [-0.05, 0) is 30.3 Å². The zero-order valence-electron chi connectivity index (χ0n) is 13.0. The summed E-state index contributed by atoms with van der Waals surface area (Å²) in [5.41, 5.74) is 1.11. The predicted octanol–water partition coefficient (Wildman–Crippen LogP) is 3.29. The van der Waals surface area contributed by atoms with Gasteiger partial charge in [-0.3, -0.25) is 5.32 Å². The van der Waals surface area contributed by atoms with E-state index in [-0.39, 0.29) is 4.90 Å². The van der Waals surface area contributed by atoms with Gasteiger partial charge >= 0.3 is 6.09 Å². The van der Waals surface area contributed by atoms with Crippen LogP contribution in [0.4, 0.5) is 10.5 Å². The number of benzene rings is 2. The van der Waals surface area contributed by atoms with Gasteiger partial charge in [0.05, 0.1) is 17.5 Å². The van der Waals surface area contributed by atoms with Gasteiger partial charge in [0, 0.05) is 21.9 Å². The Morgan fingerprint density at radius 3 is 2.52 bits per heavy atom. The number of nitrogens with one attached hydrogen (secondary N) is 1. The SMILES string of the molecule is COC(=O)Nc1ccc(S(=O)(=O)Sc2ncnc3ccccc23)cc1. The van der Waals surface area contributed by atoms with Crippen molar-refractivity contribution in [3.63, 3.8) is 0 Å². The van der Waals surface area contributed by atoms with E-state index in [1.165, 1.54) is 37.7 Å². The van der Waals surface area contributed by atoms with E-state index in [2.05, 4.69) is 20.0 Å². The minimum atomic E-state index is -3.67. The van der Waals surface area contributed by atoms with E-state index >= 15 is 0 Å². The van der Waals surface area contributed by atoms with Gasteiger partial charge in [-0.15, -0.1) is 0 Å². The number of fused-ring (bicyclic) bond motifs is 1. The fraction of sp³-hybridized carbons (Fsp3) is 0.0625. The zero-order chi connectivity index (χ0) is 17.9. The number of rotatable bonds is 4. The molecule has 3 aromatic rings. The van der Waals surface area contributed by atoms with Crippen LogP contribution in [-0.2, 0) is 13.6 Å². The molecule has 0 spiro atoms. The third-order valence-electron chi connectivity index (χ3n) is 3.27. The fourth-order valence-corrected chi connectivity index (χ4v) is 4.84. The first-order chi connectivity index (χ1) is 12.0. The molecule has 1 aromatic heterocycles. The smallest absolute Gasteiger partial charge is 0.411 e. The van der Waals surface area contributed by atoms with Crippen LogP contribution >= 0.6 is 10.8 Å². The van der Waals surface area contributed by atoms with Crippen molar-refractivity contribution >= 4 is 42.3 Å². The molecule has 1 amide bonds. The molecule has 0 radical (unpaired) electrons. The molecule has 128 valence electrons. The maximum atomic E-state index is 12.6. The summed E-state index contributed by atoms with van der Waals surface area (Å²) in [5.74, 6) is 0. The van der Waals surface area contributed by atoms with Gasteiger partial charge in [-0.1, -0.05) is 18.2 Å². The average Bonchev–Trinajstić information content (AvgIpc) is 2.62. The Morgan fingerprint density at radius 1 is 1.08 bits per heavy atom. The third kappa shape index (κ3) is 3.89. The van der Waals surface area contributed by atoms with Crippen molar-refractivity contribution in [2.24, 2.45) is 0 Å². The summed E-state index contributed by atoms with van der Waals surface area (Å²) in [7, 11) is -1.76. The summed E-state index contributed by atoms with van der Waals surface area (Å²) < 4.78 is 29.7. The molecule has 9 heteroatoms. The van der Waals surface area contributed by atoms with Crippen LogP contribution in [-0.4, -0.2) is 31.6 Å². The summed E-state index contributed by atoms with van der Waals surface area (Å²) in [5, 5.41) is 3.49. The number of para-hydroxylation sites is 1. The number of aromatic nitrogens is 2. The summed E-state index contributed by atoms with van der Waals surface area (Å²) in [6.45, 7) is 0. The maximum Gasteiger partial charge on any atom is 0.411 e. The molecule has 0 fully saturated rings. The lowest BCUT2D eigenvalue weighted by atomic mass is 10.2. The number of carbonyl (C=O) groups is 1. The highest BCUT2D eigenvalue weighted by Crippen LogP contribution is 2.33. The molecule has 1 heterocycles. The number of hydrogen-bond donors (Lipinski definition) is 1. The Balaban J connectivity index is 1.87. The Bertz CT molecular complexity index is 1020. The summed E-state index contributed by atoms with van der Waals surface area (Å²) >= 11 is 0. The molecule has 0 saturated carbocycles. The first kappa shape index (κ1) is 17.2. The second kappa shape index (κ2) is 7.08. The molecular formula is C16H13N3O4S2. The number of nitrogens with zero attached hydrogens (tertiary/aromatic N) is 2. The highest BCUT2D eigenvalue weighted by molar-refractivity contribution is 8.72.